The summed E-state index contributed by atoms with van der Waals surface area (Å²) in [7, 11) is 1.80. The maximum atomic E-state index is 13.0. The molecule has 2 aromatic carbocycles. The van der Waals surface area contributed by atoms with Gasteiger partial charge in [-0.3, -0.25) is 9.59 Å². The highest BCUT2D eigenvalue weighted by molar-refractivity contribution is 6.30. The predicted molar refractivity (Wildman–Crippen MR) is 137 cm³/mol. The van der Waals surface area contributed by atoms with Gasteiger partial charge in [-0.2, -0.15) is 0 Å². The van der Waals surface area contributed by atoms with Gasteiger partial charge in [0.05, 0.1) is 25.2 Å². The second-order valence-electron chi connectivity index (χ2n) is 9.77. The Hall–Kier alpha value is -2.57. The first-order chi connectivity index (χ1) is 17.0. The smallest absolute Gasteiger partial charge is 0.257 e. The lowest BCUT2D eigenvalue weighted by Crippen LogP contribution is -2.46. The number of piperidine rings is 1. The van der Waals surface area contributed by atoms with Gasteiger partial charge < -0.3 is 19.3 Å². The number of para-hydroxylation sites is 1. The zero-order chi connectivity index (χ0) is 24.7. The van der Waals surface area contributed by atoms with Crippen molar-refractivity contribution < 1.29 is 19.1 Å². The fraction of sp³-hybridized carbons (Fsp3) is 0.500. The minimum absolute atomic E-state index is 0.0246. The molecule has 0 aromatic heterocycles. The van der Waals surface area contributed by atoms with Crippen LogP contribution in [0.2, 0.25) is 5.02 Å². The van der Waals surface area contributed by atoms with E-state index in [-0.39, 0.29) is 17.2 Å². The van der Waals surface area contributed by atoms with Gasteiger partial charge in [-0.05, 0) is 55.5 Å². The molecule has 0 atom stereocenters. The van der Waals surface area contributed by atoms with E-state index in [0.29, 0.717) is 49.1 Å². The monoisotopic (exact) mass is 498 g/mol. The number of likely N-dealkylation sites (N-methyl/N-ethyl adjacent to an activating group) is 1. The molecule has 0 N–H and O–H groups in total. The van der Waals surface area contributed by atoms with Gasteiger partial charge in [0.1, 0.15) is 5.75 Å². The number of rotatable bonds is 2. The number of halogens is 1. The molecule has 1 spiro atoms. The Balaban J connectivity index is 1.44. The molecule has 0 radical (unpaired) electrons. The summed E-state index contributed by atoms with van der Waals surface area (Å²) in [5.41, 5.74) is 1.54. The number of fused-ring (bicyclic) bond motifs is 1. The molecule has 2 aromatic rings. The summed E-state index contributed by atoms with van der Waals surface area (Å²) in [6, 6.07) is 15.0. The van der Waals surface area contributed by atoms with E-state index >= 15 is 0 Å². The predicted octanol–water partition coefficient (Wildman–Crippen LogP) is 4.84. The highest BCUT2D eigenvalue weighted by Gasteiger charge is 2.36. The second-order valence-corrected chi connectivity index (χ2v) is 10.2. The molecule has 35 heavy (non-hydrogen) atoms. The molecule has 188 valence electrons. The van der Waals surface area contributed by atoms with E-state index in [1.165, 1.54) is 0 Å². The fourth-order valence-corrected chi connectivity index (χ4v) is 5.03. The maximum absolute atomic E-state index is 13.0. The Morgan fingerprint density at radius 1 is 0.971 bits per heavy atom. The maximum Gasteiger partial charge on any atom is 0.257 e. The number of likely N-dealkylation sites (tertiary alicyclic amines) is 1. The van der Waals surface area contributed by atoms with E-state index in [1.807, 2.05) is 53.4 Å². The van der Waals surface area contributed by atoms with Crippen LogP contribution >= 0.6 is 11.6 Å². The van der Waals surface area contributed by atoms with Crippen LogP contribution in [0.1, 0.15) is 48.0 Å². The van der Waals surface area contributed by atoms with Crippen LogP contribution in [0.3, 0.4) is 0 Å². The van der Waals surface area contributed by atoms with Gasteiger partial charge in [-0.15, -0.1) is 0 Å². The molecule has 0 aliphatic carbocycles. The molecule has 0 saturated carbocycles. The topological polar surface area (TPSA) is 59.1 Å². The van der Waals surface area contributed by atoms with Crippen molar-refractivity contribution in [1.29, 1.82) is 0 Å². The zero-order valence-corrected chi connectivity index (χ0v) is 21.3. The van der Waals surface area contributed by atoms with Gasteiger partial charge >= 0.3 is 0 Å². The summed E-state index contributed by atoms with van der Waals surface area (Å²) in [5.74, 6) is 0.720. The van der Waals surface area contributed by atoms with Crippen LogP contribution in [0, 0.1) is 5.41 Å². The number of nitrogens with zero attached hydrogens (tertiary/aromatic N) is 2. The van der Waals surface area contributed by atoms with E-state index in [2.05, 4.69) is 0 Å². The van der Waals surface area contributed by atoms with Crippen molar-refractivity contribution >= 4 is 23.4 Å². The van der Waals surface area contributed by atoms with Crippen molar-refractivity contribution in [1.82, 2.24) is 9.80 Å². The lowest BCUT2D eigenvalue weighted by molar-refractivity contribution is -0.133. The number of amides is 2. The fourth-order valence-electron chi connectivity index (χ4n) is 4.90. The first-order valence-electron chi connectivity index (χ1n) is 12.5. The Morgan fingerprint density at radius 2 is 1.71 bits per heavy atom. The van der Waals surface area contributed by atoms with Crippen molar-refractivity contribution in [3.63, 3.8) is 0 Å². The van der Waals surface area contributed by atoms with Gasteiger partial charge in [-0.1, -0.05) is 42.3 Å². The number of carbonyl (C=O) groups is 2. The van der Waals surface area contributed by atoms with Gasteiger partial charge in [0.25, 0.3) is 5.91 Å². The molecular weight excluding hydrogens is 464 g/mol. The molecule has 1 saturated heterocycles. The van der Waals surface area contributed by atoms with Crippen molar-refractivity contribution in [3.8, 4) is 5.75 Å². The average molecular weight is 499 g/mol. The van der Waals surface area contributed by atoms with E-state index in [9.17, 15) is 9.59 Å². The molecule has 1 fully saturated rings. The molecule has 4 rings (SSSR count). The first kappa shape index (κ1) is 25.5. The summed E-state index contributed by atoms with van der Waals surface area (Å²) in [5, 5.41) is 0.676. The molecule has 6 nitrogen and oxygen atoms in total. The molecular formula is C28H35ClN2O4. The van der Waals surface area contributed by atoms with Crippen LogP contribution in [-0.2, 0) is 16.0 Å². The minimum atomic E-state index is -0.0575. The SMILES string of the molecule is CN1CCOCCCCC2(CCN(C(=O)Cc3ccc(Cl)cc3)CC2)COc2ccccc2C1=O. The molecule has 2 aliphatic heterocycles. The summed E-state index contributed by atoms with van der Waals surface area (Å²) >= 11 is 5.97. The lowest BCUT2D eigenvalue weighted by atomic mass is 9.75. The van der Waals surface area contributed by atoms with Gasteiger partial charge in [0.15, 0.2) is 0 Å². The van der Waals surface area contributed by atoms with Crippen molar-refractivity contribution in [3.05, 3.63) is 64.7 Å². The normalized spacial score (nSPS) is 19.5. The average Bonchev–Trinajstić information content (AvgIpc) is 2.88. The van der Waals surface area contributed by atoms with Gasteiger partial charge in [0.2, 0.25) is 5.91 Å². The van der Waals surface area contributed by atoms with Crippen LogP contribution in [-0.4, -0.2) is 68.1 Å². The van der Waals surface area contributed by atoms with Gasteiger partial charge in [-0.25, -0.2) is 0 Å². The van der Waals surface area contributed by atoms with Crippen LogP contribution in [0.25, 0.3) is 0 Å². The van der Waals surface area contributed by atoms with Gasteiger partial charge in [0, 0.05) is 43.7 Å². The van der Waals surface area contributed by atoms with E-state index in [1.54, 1.807) is 11.9 Å². The van der Waals surface area contributed by atoms with E-state index < -0.39 is 0 Å². The number of carbonyl (C=O) groups excluding carboxylic acids is 2. The Labute approximate surface area is 213 Å². The first-order valence-corrected chi connectivity index (χ1v) is 12.9. The Bertz CT molecular complexity index is 1000. The molecule has 7 heteroatoms. The molecule has 0 bridgehead atoms. The molecule has 0 unspecified atom stereocenters. The third kappa shape index (κ3) is 6.77. The van der Waals surface area contributed by atoms with Crippen molar-refractivity contribution in [2.75, 3.05) is 46.5 Å². The standard InChI is InChI=1S/C28H35ClN2O4/c1-30-17-19-34-18-5-4-12-28(21-35-25-7-3-2-6-24(25)27(30)33)13-15-31(16-14-28)26(32)20-22-8-10-23(29)11-9-22/h2-3,6-11H,4-5,12-21H2,1H3. The van der Waals surface area contributed by atoms with Crippen molar-refractivity contribution in [2.24, 2.45) is 5.41 Å². The highest BCUT2D eigenvalue weighted by atomic mass is 35.5. The molecule has 2 aliphatic rings. The molecule has 2 heterocycles. The number of hydrogen-bond donors (Lipinski definition) is 0. The third-order valence-electron chi connectivity index (χ3n) is 7.26. The minimum Gasteiger partial charge on any atom is -0.492 e. The van der Waals surface area contributed by atoms with Crippen molar-refractivity contribution in [2.45, 2.75) is 38.5 Å². The Kier molecular flexibility index (Phi) is 8.69. The van der Waals surface area contributed by atoms with Crippen LogP contribution in [0.15, 0.2) is 48.5 Å². The summed E-state index contributed by atoms with van der Waals surface area (Å²) in [6.07, 6.45) is 5.22. The highest BCUT2D eigenvalue weighted by Crippen LogP contribution is 2.38. The summed E-state index contributed by atoms with van der Waals surface area (Å²) in [4.78, 5) is 29.6. The quantitative estimate of drug-likeness (QED) is 0.594. The van der Waals surface area contributed by atoms with Crippen LogP contribution < -0.4 is 4.74 Å². The lowest BCUT2D eigenvalue weighted by Gasteiger charge is -2.42. The van der Waals surface area contributed by atoms with Crippen LogP contribution in [0.5, 0.6) is 5.75 Å². The Morgan fingerprint density at radius 3 is 2.49 bits per heavy atom. The summed E-state index contributed by atoms with van der Waals surface area (Å²) in [6.45, 7) is 3.76. The van der Waals surface area contributed by atoms with Crippen LogP contribution in [0.4, 0.5) is 0 Å². The zero-order valence-electron chi connectivity index (χ0n) is 20.5. The van der Waals surface area contributed by atoms with E-state index in [4.69, 9.17) is 21.1 Å². The van der Waals surface area contributed by atoms with E-state index in [0.717, 1.165) is 50.8 Å². The number of hydrogen-bond acceptors (Lipinski definition) is 4. The number of ether oxygens (including phenoxy) is 2. The number of benzene rings is 2. The second kappa shape index (κ2) is 11.9. The molecule has 2 amide bonds. The largest absolute Gasteiger partial charge is 0.492 e. The summed E-state index contributed by atoms with van der Waals surface area (Å²) < 4.78 is 12.1. The third-order valence-corrected chi connectivity index (χ3v) is 7.51.